The summed E-state index contributed by atoms with van der Waals surface area (Å²) >= 11 is 7.63. The Hall–Kier alpha value is -3.68. The van der Waals surface area contributed by atoms with E-state index >= 15 is 0 Å². The summed E-state index contributed by atoms with van der Waals surface area (Å²) in [5, 5.41) is 6.28. The predicted octanol–water partition coefficient (Wildman–Crippen LogP) is 6.19. The number of benzene rings is 3. The standard InChI is InChI=1S/C27H22ClN3O3S/c1-16-8-10-20(28)13-21(16)29-25(32)14-31-23-12-19(9-11-24(23)34-17(2)27(31)33)22-15-35-26(30-22)18-6-4-3-5-7-18/h3-13,15,17H,14H2,1-2H3,(H,29,32). The zero-order valence-electron chi connectivity index (χ0n) is 19.1. The van der Waals surface area contributed by atoms with Crippen LogP contribution < -0.4 is 15.0 Å². The lowest BCUT2D eigenvalue weighted by Gasteiger charge is -2.33. The summed E-state index contributed by atoms with van der Waals surface area (Å²) in [7, 11) is 0. The highest BCUT2D eigenvalue weighted by Crippen LogP contribution is 2.38. The van der Waals surface area contributed by atoms with E-state index in [1.165, 1.54) is 4.90 Å². The number of halogens is 1. The lowest BCUT2D eigenvalue weighted by molar-refractivity contribution is -0.127. The first-order valence-electron chi connectivity index (χ1n) is 11.1. The molecule has 0 bridgehead atoms. The number of carbonyl (C=O) groups is 2. The molecule has 8 heteroatoms. The van der Waals surface area contributed by atoms with Crippen LogP contribution in [0, 0.1) is 6.92 Å². The lowest BCUT2D eigenvalue weighted by Crippen LogP contribution is -2.47. The molecule has 5 rings (SSSR count). The quantitative estimate of drug-likeness (QED) is 0.352. The molecular formula is C27H22ClN3O3S. The largest absolute Gasteiger partial charge is 0.479 e. The topological polar surface area (TPSA) is 71.5 Å². The fraction of sp³-hybridized carbons (Fsp3) is 0.148. The smallest absolute Gasteiger partial charge is 0.268 e. The number of anilines is 2. The van der Waals surface area contributed by atoms with E-state index in [1.54, 1.807) is 30.4 Å². The molecule has 4 aromatic rings. The summed E-state index contributed by atoms with van der Waals surface area (Å²) in [5.74, 6) is -0.0591. The number of nitrogens with one attached hydrogen (secondary N) is 1. The van der Waals surface area contributed by atoms with E-state index in [4.69, 9.17) is 21.3 Å². The average molecular weight is 504 g/mol. The lowest BCUT2D eigenvalue weighted by atomic mass is 10.1. The Bertz CT molecular complexity index is 1420. The van der Waals surface area contributed by atoms with Gasteiger partial charge in [-0.15, -0.1) is 11.3 Å². The highest BCUT2D eigenvalue weighted by molar-refractivity contribution is 7.13. The van der Waals surface area contributed by atoms with Crippen molar-refractivity contribution < 1.29 is 14.3 Å². The van der Waals surface area contributed by atoms with Crippen LogP contribution in [0.4, 0.5) is 11.4 Å². The number of rotatable bonds is 5. The molecule has 35 heavy (non-hydrogen) atoms. The minimum Gasteiger partial charge on any atom is -0.479 e. The van der Waals surface area contributed by atoms with Gasteiger partial charge in [-0.1, -0.05) is 48.0 Å². The number of amides is 2. The van der Waals surface area contributed by atoms with Crippen molar-refractivity contribution in [2.75, 3.05) is 16.8 Å². The van der Waals surface area contributed by atoms with Crippen molar-refractivity contribution in [2.45, 2.75) is 20.0 Å². The highest BCUT2D eigenvalue weighted by Gasteiger charge is 2.33. The maximum Gasteiger partial charge on any atom is 0.268 e. The van der Waals surface area contributed by atoms with Crippen LogP contribution in [0.3, 0.4) is 0 Å². The Balaban J connectivity index is 1.43. The molecule has 2 heterocycles. The van der Waals surface area contributed by atoms with Gasteiger partial charge in [0.05, 0.1) is 11.4 Å². The molecule has 3 aromatic carbocycles. The second-order valence-corrected chi connectivity index (χ2v) is 9.57. The molecule has 2 amide bonds. The first kappa shape index (κ1) is 23.1. The monoisotopic (exact) mass is 503 g/mol. The van der Waals surface area contributed by atoms with Crippen molar-refractivity contribution in [1.29, 1.82) is 0 Å². The summed E-state index contributed by atoms with van der Waals surface area (Å²) in [5.41, 5.74) is 4.71. The van der Waals surface area contributed by atoms with Gasteiger partial charge in [0.15, 0.2) is 6.10 Å². The number of thiazole rings is 1. The zero-order valence-corrected chi connectivity index (χ0v) is 20.7. The Morgan fingerprint density at radius 1 is 1.11 bits per heavy atom. The molecule has 176 valence electrons. The summed E-state index contributed by atoms with van der Waals surface area (Å²) in [6.07, 6.45) is -0.696. The van der Waals surface area contributed by atoms with Gasteiger partial charge in [-0.2, -0.15) is 0 Å². The van der Waals surface area contributed by atoms with Gasteiger partial charge in [-0.25, -0.2) is 4.98 Å². The van der Waals surface area contributed by atoms with E-state index in [2.05, 4.69) is 5.32 Å². The van der Waals surface area contributed by atoms with Crippen LogP contribution in [0.1, 0.15) is 12.5 Å². The molecule has 0 saturated carbocycles. The number of nitrogens with zero attached hydrogens (tertiary/aromatic N) is 2. The van der Waals surface area contributed by atoms with E-state index < -0.39 is 6.10 Å². The normalized spacial score (nSPS) is 14.9. The van der Waals surface area contributed by atoms with Crippen LogP contribution in [0.5, 0.6) is 5.75 Å². The van der Waals surface area contributed by atoms with Crippen molar-refractivity contribution in [1.82, 2.24) is 4.98 Å². The number of ether oxygens (including phenoxy) is 1. The summed E-state index contributed by atoms with van der Waals surface area (Å²) in [6.45, 7) is 3.41. The van der Waals surface area contributed by atoms with E-state index in [-0.39, 0.29) is 18.4 Å². The molecule has 0 radical (unpaired) electrons. The Kier molecular flexibility index (Phi) is 6.28. The van der Waals surface area contributed by atoms with E-state index in [0.717, 1.165) is 27.4 Å². The van der Waals surface area contributed by atoms with Gasteiger partial charge < -0.3 is 10.1 Å². The third-order valence-corrected chi connectivity index (χ3v) is 6.89. The third-order valence-electron chi connectivity index (χ3n) is 5.76. The number of aromatic nitrogens is 1. The van der Waals surface area contributed by atoms with Gasteiger partial charge in [-0.05, 0) is 49.7 Å². The minimum absolute atomic E-state index is 0.152. The molecule has 0 fully saturated rings. The molecule has 1 aliphatic heterocycles. The van der Waals surface area contributed by atoms with Crippen LogP contribution in [0.2, 0.25) is 5.02 Å². The maximum atomic E-state index is 13.0. The van der Waals surface area contributed by atoms with Gasteiger partial charge in [0.25, 0.3) is 5.91 Å². The van der Waals surface area contributed by atoms with Crippen LogP contribution in [-0.4, -0.2) is 29.4 Å². The van der Waals surface area contributed by atoms with E-state index in [0.29, 0.717) is 22.1 Å². The minimum atomic E-state index is -0.696. The Morgan fingerprint density at radius 3 is 2.71 bits per heavy atom. The van der Waals surface area contributed by atoms with Crippen LogP contribution in [0.25, 0.3) is 21.8 Å². The highest BCUT2D eigenvalue weighted by atomic mass is 35.5. The molecule has 0 spiro atoms. The molecule has 1 atom stereocenters. The first-order valence-corrected chi connectivity index (χ1v) is 12.3. The molecule has 1 N–H and O–H groups in total. The fourth-order valence-electron chi connectivity index (χ4n) is 3.91. The van der Waals surface area contributed by atoms with Gasteiger partial charge in [0, 0.05) is 27.2 Å². The van der Waals surface area contributed by atoms with Gasteiger partial charge in [0.1, 0.15) is 17.3 Å². The summed E-state index contributed by atoms with van der Waals surface area (Å²) in [6, 6.07) is 20.8. The number of hydrogen-bond donors (Lipinski definition) is 1. The molecule has 0 aliphatic carbocycles. The van der Waals surface area contributed by atoms with Crippen molar-refractivity contribution in [3.63, 3.8) is 0 Å². The first-order chi connectivity index (χ1) is 16.9. The maximum absolute atomic E-state index is 13.0. The molecular weight excluding hydrogens is 482 g/mol. The fourth-order valence-corrected chi connectivity index (χ4v) is 4.92. The zero-order chi connectivity index (χ0) is 24.5. The molecule has 1 aromatic heterocycles. The van der Waals surface area contributed by atoms with Crippen molar-refractivity contribution in [3.8, 4) is 27.6 Å². The third kappa shape index (κ3) is 4.78. The van der Waals surface area contributed by atoms with Crippen molar-refractivity contribution >= 4 is 46.1 Å². The summed E-state index contributed by atoms with van der Waals surface area (Å²) < 4.78 is 5.82. The average Bonchev–Trinajstić information content (AvgIpc) is 3.35. The second kappa shape index (κ2) is 9.52. The summed E-state index contributed by atoms with van der Waals surface area (Å²) in [4.78, 5) is 32.2. The van der Waals surface area contributed by atoms with Crippen molar-refractivity contribution in [2.24, 2.45) is 0 Å². The van der Waals surface area contributed by atoms with Gasteiger partial charge in [0.2, 0.25) is 5.91 Å². The van der Waals surface area contributed by atoms with Crippen LogP contribution in [-0.2, 0) is 9.59 Å². The van der Waals surface area contributed by atoms with Gasteiger partial charge in [-0.3, -0.25) is 14.5 Å². The number of aryl methyl sites for hydroxylation is 1. The number of hydrogen-bond acceptors (Lipinski definition) is 5. The predicted molar refractivity (Wildman–Crippen MR) is 140 cm³/mol. The molecule has 6 nitrogen and oxygen atoms in total. The molecule has 1 unspecified atom stereocenters. The number of carbonyl (C=O) groups excluding carboxylic acids is 2. The van der Waals surface area contributed by atoms with Gasteiger partial charge >= 0.3 is 0 Å². The second-order valence-electron chi connectivity index (χ2n) is 8.28. The molecule has 0 saturated heterocycles. The molecule has 1 aliphatic rings. The van der Waals surface area contributed by atoms with Crippen molar-refractivity contribution in [3.05, 3.63) is 82.7 Å². The Labute approximate surface area is 212 Å². The van der Waals surface area contributed by atoms with Crippen LogP contribution in [0.15, 0.2) is 72.1 Å². The van der Waals surface area contributed by atoms with Crippen LogP contribution >= 0.6 is 22.9 Å². The number of fused-ring (bicyclic) bond motifs is 1. The Morgan fingerprint density at radius 2 is 1.91 bits per heavy atom. The van der Waals surface area contributed by atoms with E-state index in [1.807, 2.05) is 66.9 Å². The SMILES string of the molecule is Cc1ccc(Cl)cc1NC(=O)CN1C(=O)C(C)Oc2ccc(-c3csc(-c4ccccc4)n3)cc21. The van der Waals surface area contributed by atoms with E-state index in [9.17, 15) is 9.59 Å².